The summed E-state index contributed by atoms with van der Waals surface area (Å²) in [5.41, 5.74) is 0.0574. The Morgan fingerprint density at radius 1 is 1.37 bits per heavy atom. The molecule has 3 heterocycles. The summed E-state index contributed by atoms with van der Waals surface area (Å²) >= 11 is 5.09. The fourth-order valence-corrected chi connectivity index (χ4v) is 5.77. The summed E-state index contributed by atoms with van der Waals surface area (Å²) < 4.78 is 9.64. The molecule has 30 heavy (non-hydrogen) atoms. The van der Waals surface area contributed by atoms with E-state index in [1.807, 2.05) is 16.7 Å². The van der Waals surface area contributed by atoms with Crippen LogP contribution in [0, 0.1) is 0 Å². The van der Waals surface area contributed by atoms with Crippen LogP contribution in [0.1, 0.15) is 44.9 Å². The summed E-state index contributed by atoms with van der Waals surface area (Å²) in [6, 6.07) is 3.88. The predicted octanol–water partition coefficient (Wildman–Crippen LogP) is 3.20. The van der Waals surface area contributed by atoms with Crippen molar-refractivity contribution >= 4 is 47.6 Å². The van der Waals surface area contributed by atoms with E-state index < -0.39 is 6.10 Å². The van der Waals surface area contributed by atoms with Gasteiger partial charge < -0.3 is 15.2 Å². The maximum Gasteiger partial charge on any atom is 0.262 e. The molecule has 0 radical (unpaired) electrons. The molecule has 162 valence electrons. The molecule has 0 fully saturated rings. The molecule has 0 aliphatic carbocycles. The molecule has 4 rings (SSSR count). The van der Waals surface area contributed by atoms with E-state index in [1.165, 1.54) is 11.3 Å². The van der Waals surface area contributed by atoms with Crippen LogP contribution in [0.5, 0.6) is 5.75 Å². The number of unbranched alkanes of at least 4 members (excludes halogenated alkanes) is 1. The number of thiophene rings is 1. The fourth-order valence-electron chi connectivity index (χ4n) is 4.01. The molecule has 3 aromatic rings. The molecule has 1 aliphatic rings. The lowest BCUT2D eigenvalue weighted by Gasteiger charge is -2.13. The Hall–Kier alpha value is -1.48. The van der Waals surface area contributed by atoms with Crippen LogP contribution < -0.4 is 15.6 Å². The van der Waals surface area contributed by atoms with Crippen LogP contribution in [0.4, 0.5) is 0 Å². The van der Waals surface area contributed by atoms with E-state index in [2.05, 4.69) is 28.2 Å². The quantitative estimate of drug-likeness (QED) is 0.471. The van der Waals surface area contributed by atoms with Crippen molar-refractivity contribution in [3.8, 4) is 5.75 Å². The first-order valence-corrected chi connectivity index (χ1v) is 12.5. The first-order chi connectivity index (χ1) is 14.6. The van der Waals surface area contributed by atoms with Gasteiger partial charge in [-0.1, -0.05) is 25.8 Å². The topological polar surface area (TPSA) is 81.0 Å². The molecule has 0 amide bonds. The van der Waals surface area contributed by atoms with Gasteiger partial charge in [-0.3, -0.25) is 9.36 Å². The number of nitrogens with two attached hydrogens (primary N) is 1. The average Bonchev–Trinajstić information content (AvgIpc) is 2.93. The second-order valence-corrected chi connectivity index (χ2v) is 9.82. The summed E-state index contributed by atoms with van der Waals surface area (Å²) in [7, 11) is 0. The number of aromatic nitrogens is 2. The third-order valence-electron chi connectivity index (χ3n) is 5.65. The summed E-state index contributed by atoms with van der Waals surface area (Å²) in [4.78, 5) is 18.9. The number of hydrogen-bond donors (Lipinski definition) is 2. The molecule has 8 heteroatoms. The number of fused-ring (bicyclic) bond motifs is 4. The number of aliphatic hydroxyl groups is 1. The average molecular weight is 495 g/mol. The lowest BCUT2D eigenvalue weighted by Crippen LogP contribution is -2.86. The van der Waals surface area contributed by atoms with Crippen LogP contribution in [-0.4, -0.2) is 40.5 Å². The fraction of sp³-hybridized carbons (Fsp3) is 0.545. The molecule has 2 aromatic heterocycles. The van der Waals surface area contributed by atoms with E-state index in [0.717, 1.165) is 76.8 Å². The third-order valence-corrected chi connectivity index (χ3v) is 7.37. The molecule has 1 aromatic carbocycles. The molecule has 0 bridgehead atoms. The van der Waals surface area contributed by atoms with Gasteiger partial charge in [0, 0.05) is 18.4 Å². The Labute approximate surface area is 188 Å². The second kappa shape index (κ2) is 9.77. The number of hydrogen-bond acceptors (Lipinski definition) is 5. The molecule has 1 atom stereocenters. The maximum atomic E-state index is 13.3. The van der Waals surface area contributed by atoms with Crippen molar-refractivity contribution in [1.29, 1.82) is 0 Å². The normalized spacial score (nSPS) is 15.3. The van der Waals surface area contributed by atoms with Gasteiger partial charge in [0.05, 0.1) is 21.1 Å². The molecular formula is C22H29BrN3O3S+. The van der Waals surface area contributed by atoms with Crippen molar-refractivity contribution in [2.75, 3.05) is 19.7 Å². The van der Waals surface area contributed by atoms with Crippen LogP contribution in [0.2, 0.25) is 0 Å². The van der Waals surface area contributed by atoms with Gasteiger partial charge in [0.25, 0.3) is 5.56 Å². The minimum Gasteiger partial charge on any atom is -0.488 e. The molecule has 1 aliphatic heterocycles. The van der Waals surface area contributed by atoms with Gasteiger partial charge in [-0.25, -0.2) is 4.98 Å². The number of quaternary nitrogens is 1. The van der Waals surface area contributed by atoms with Gasteiger partial charge in [0.15, 0.2) is 5.75 Å². The largest absolute Gasteiger partial charge is 0.488 e. The van der Waals surface area contributed by atoms with E-state index in [9.17, 15) is 9.90 Å². The minimum absolute atomic E-state index is 0.0574. The highest BCUT2D eigenvalue weighted by atomic mass is 79.9. The van der Waals surface area contributed by atoms with Crippen molar-refractivity contribution in [2.24, 2.45) is 0 Å². The van der Waals surface area contributed by atoms with Gasteiger partial charge in [0.2, 0.25) is 0 Å². The smallest absolute Gasteiger partial charge is 0.262 e. The highest BCUT2D eigenvalue weighted by Crippen LogP contribution is 2.41. The Bertz CT molecular complexity index is 1090. The van der Waals surface area contributed by atoms with Crippen LogP contribution in [-0.2, 0) is 13.0 Å². The van der Waals surface area contributed by atoms with Crippen LogP contribution in [0.15, 0.2) is 21.4 Å². The zero-order chi connectivity index (χ0) is 21.1. The number of halogens is 1. The zero-order valence-electron chi connectivity index (χ0n) is 17.3. The first kappa shape index (κ1) is 21.7. The predicted molar refractivity (Wildman–Crippen MR) is 125 cm³/mol. The number of aryl methyl sites for hydroxylation is 1. The molecule has 0 spiro atoms. The van der Waals surface area contributed by atoms with E-state index in [1.54, 1.807) is 0 Å². The third kappa shape index (κ3) is 4.42. The Morgan fingerprint density at radius 3 is 3.07 bits per heavy atom. The van der Waals surface area contributed by atoms with Gasteiger partial charge >= 0.3 is 0 Å². The molecule has 0 saturated heterocycles. The SMILES string of the molecule is CCCC[NH2+]C[C@@H](O)COc1c(Br)ccc2c1sc1nc3n(c(=O)c12)CCCCC3. The number of rotatable bonds is 8. The summed E-state index contributed by atoms with van der Waals surface area (Å²) in [6.45, 7) is 4.76. The standard InChI is InChI=1S/C22H28BrN3O3S/c1-2-3-10-24-12-14(27)13-29-19-16(23)9-8-15-18-21(30-20(15)19)25-17-7-5-4-6-11-26(17)22(18)28/h8-9,14,24,27H,2-7,10-13H2,1H3/p+1/t14-/m1/s1. The van der Waals surface area contributed by atoms with Crippen molar-refractivity contribution in [3.05, 3.63) is 32.8 Å². The van der Waals surface area contributed by atoms with E-state index in [0.29, 0.717) is 17.7 Å². The van der Waals surface area contributed by atoms with Crippen molar-refractivity contribution < 1.29 is 15.2 Å². The first-order valence-electron chi connectivity index (χ1n) is 10.9. The van der Waals surface area contributed by atoms with Crippen LogP contribution in [0.3, 0.4) is 0 Å². The van der Waals surface area contributed by atoms with Crippen molar-refractivity contribution in [2.45, 2.75) is 58.1 Å². The molecular weight excluding hydrogens is 466 g/mol. The van der Waals surface area contributed by atoms with Crippen molar-refractivity contribution in [1.82, 2.24) is 9.55 Å². The summed E-state index contributed by atoms with van der Waals surface area (Å²) in [5.74, 6) is 1.58. The van der Waals surface area contributed by atoms with Gasteiger partial charge in [-0.15, -0.1) is 11.3 Å². The molecule has 0 saturated carbocycles. The monoisotopic (exact) mass is 494 g/mol. The van der Waals surface area contributed by atoms with Gasteiger partial charge in [-0.2, -0.15) is 0 Å². The Morgan fingerprint density at radius 2 is 2.23 bits per heavy atom. The Kier molecular flexibility index (Phi) is 7.08. The number of benzene rings is 1. The van der Waals surface area contributed by atoms with Crippen LogP contribution >= 0.6 is 27.3 Å². The van der Waals surface area contributed by atoms with E-state index in [-0.39, 0.29) is 12.2 Å². The molecule has 6 nitrogen and oxygen atoms in total. The highest BCUT2D eigenvalue weighted by molar-refractivity contribution is 9.10. The highest BCUT2D eigenvalue weighted by Gasteiger charge is 2.21. The van der Waals surface area contributed by atoms with Gasteiger partial charge in [-0.05, 0) is 41.3 Å². The number of aliphatic hydroxyl groups excluding tert-OH is 1. The second-order valence-electron chi connectivity index (χ2n) is 7.96. The zero-order valence-corrected chi connectivity index (χ0v) is 19.7. The van der Waals surface area contributed by atoms with E-state index in [4.69, 9.17) is 9.72 Å². The minimum atomic E-state index is -0.543. The molecule has 3 N–H and O–H groups in total. The molecule has 0 unspecified atom stereocenters. The Balaban J connectivity index is 1.65. The number of nitrogens with zero attached hydrogens (tertiary/aromatic N) is 2. The maximum absolute atomic E-state index is 13.3. The number of ether oxygens (including phenoxy) is 1. The van der Waals surface area contributed by atoms with Crippen LogP contribution in [0.25, 0.3) is 20.3 Å². The lowest BCUT2D eigenvalue weighted by molar-refractivity contribution is -0.661. The lowest BCUT2D eigenvalue weighted by atomic mass is 10.2. The van der Waals surface area contributed by atoms with E-state index >= 15 is 0 Å². The summed E-state index contributed by atoms with van der Waals surface area (Å²) in [5, 5.41) is 14.0. The van der Waals surface area contributed by atoms with Crippen molar-refractivity contribution in [3.63, 3.8) is 0 Å². The van der Waals surface area contributed by atoms with Gasteiger partial charge in [0.1, 0.15) is 29.9 Å². The summed E-state index contributed by atoms with van der Waals surface area (Å²) in [6.07, 6.45) is 5.85.